The average Bonchev–Trinajstić information content (AvgIpc) is 3.14. The second-order valence-electron chi connectivity index (χ2n) is 6.89. The third kappa shape index (κ3) is 3.56. The summed E-state index contributed by atoms with van der Waals surface area (Å²) in [6.07, 6.45) is 0.798. The van der Waals surface area contributed by atoms with Gasteiger partial charge < -0.3 is 15.5 Å². The van der Waals surface area contributed by atoms with Gasteiger partial charge in [0.25, 0.3) is 0 Å². The van der Waals surface area contributed by atoms with E-state index in [4.69, 9.17) is 0 Å². The molecule has 0 amide bonds. The number of phenols is 1. The summed E-state index contributed by atoms with van der Waals surface area (Å²) >= 11 is 1.58. The Bertz CT molecular complexity index is 1090. The van der Waals surface area contributed by atoms with E-state index in [1.54, 1.807) is 41.9 Å². The Morgan fingerprint density at radius 1 is 1.00 bits per heavy atom. The predicted molar refractivity (Wildman–Crippen MR) is 114 cm³/mol. The molecule has 0 aliphatic carbocycles. The first-order valence-electron chi connectivity index (χ1n) is 9.05. The fraction of sp³-hybridized carbons (Fsp3) is 0.182. The van der Waals surface area contributed by atoms with E-state index in [9.17, 15) is 10.2 Å². The van der Waals surface area contributed by atoms with Gasteiger partial charge in [0.2, 0.25) is 0 Å². The molecule has 4 rings (SSSR count). The van der Waals surface area contributed by atoms with Crippen LogP contribution >= 0.6 is 11.3 Å². The van der Waals surface area contributed by atoms with Crippen molar-refractivity contribution in [2.75, 3.05) is 5.32 Å². The van der Waals surface area contributed by atoms with E-state index in [1.807, 2.05) is 6.92 Å². The lowest BCUT2D eigenvalue weighted by Crippen LogP contribution is -2.24. The highest BCUT2D eigenvalue weighted by molar-refractivity contribution is 7.17. The molecule has 0 fully saturated rings. The summed E-state index contributed by atoms with van der Waals surface area (Å²) < 4.78 is 0. The minimum absolute atomic E-state index is 0.176. The molecule has 0 aliphatic heterocycles. The first-order chi connectivity index (χ1) is 13.5. The lowest BCUT2D eigenvalue weighted by Gasteiger charge is -2.21. The van der Waals surface area contributed by atoms with Crippen LogP contribution in [-0.4, -0.2) is 26.2 Å². The summed E-state index contributed by atoms with van der Waals surface area (Å²) in [5.74, 6) is 0.877. The molecule has 4 aromatic rings. The molecule has 0 saturated heterocycles. The number of anilines is 1. The van der Waals surface area contributed by atoms with Gasteiger partial charge in [0.15, 0.2) is 0 Å². The Hall–Kier alpha value is -2.96. The molecule has 0 spiro atoms. The van der Waals surface area contributed by atoms with Gasteiger partial charge in [0, 0.05) is 10.9 Å². The van der Waals surface area contributed by atoms with E-state index in [1.165, 1.54) is 5.56 Å². The third-order valence-corrected chi connectivity index (χ3v) is 5.69. The summed E-state index contributed by atoms with van der Waals surface area (Å²) in [4.78, 5) is 9.75. The quantitative estimate of drug-likeness (QED) is 0.451. The molecule has 0 unspecified atom stereocenters. The van der Waals surface area contributed by atoms with Crippen LogP contribution in [-0.2, 0) is 0 Å². The molecular weight excluding hydrogens is 370 g/mol. The van der Waals surface area contributed by atoms with Crippen LogP contribution in [0, 0.1) is 6.92 Å². The van der Waals surface area contributed by atoms with Crippen LogP contribution in [0.5, 0.6) is 5.75 Å². The molecule has 5 nitrogen and oxygen atoms in total. The Morgan fingerprint density at radius 3 is 2.43 bits per heavy atom. The first kappa shape index (κ1) is 18.4. The topological polar surface area (TPSA) is 78.3 Å². The molecule has 6 heteroatoms. The standard InChI is InChI=1S/C22H21N3O2S/c1-13-3-5-15(6-4-13)18-11-28-22-19(18)21(23-12-24-22)25-14(2)20(27)16-7-9-17(26)10-8-16/h3-12,14,20,26-27H,1-2H3,(H,23,24,25)/t14-,20-/m1/s1. The normalized spacial score (nSPS) is 13.4. The van der Waals surface area contributed by atoms with Crippen molar-refractivity contribution in [2.24, 2.45) is 0 Å². The number of aromatic nitrogens is 2. The van der Waals surface area contributed by atoms with Crippen LogP contribution in [0.2, 0.25) is 0 Å². The molecule has 3 N–H and O–H groups in total. The highest BCUT2D eigenvalue weighted by Gasteiger charge is 2.20. The number of nitrogens with one attached hydrogen (secondary N) is 1. The lowest BCUT2D eigenvalue weighted by molar-refractivity contribution is 0.160. The number of nitrogens with zero attached hydrogens (tertiary/aromatic N) is 2. The third-order valence-electron chi connectivity index (χ3n) is 4.81. The maximum Gasteiger partial charge on any atom is 0.139 e. The Labute approximate surface area is 167 Å². The fourth-order valence-corrected chi connectivity index (χ4v) is 4.10. The highest BCUT2D eigenvalue weighted by Crippen LogP contribution is 2.37. The molecule has 2 aromatic heterocycles. The number of aromatic hydroxyl groups is 1. The van der Waals surface area contributed by atoms with Crippen molar-refractivity contribution < 1.29 is 10.2 Å². The van der Waals surface area contributed by atoms with Gasteiger partial charge in [0.1, 0.15) is 22.7 Å². The zero-order valence-corrected chi connectivity index (χ0v) is 16.4. The zero-order valence-electron chi connectivity index (χ0n) is 15.6. The van der Waals surface area contributed by atoms with Gasteiger partial charge in [-0.3, -0.25) is 0 Å². The van der Waals surface area contributed by atoms with E-state index < -0.39 is 6.10 Å². The van der Waals surface area contributed by atoms with Crippen molar-refractivity contribution in [3.63, 3.8) is 0 Å². The molecule has 142 valence electrons. The summed E-state index contributed by atoms with van der Waals surface area (Å²) in [5, 5.41) is 26.5. The first-order valence-corrected chi connectivity index (χ1v) is 9.93. The number of rotatable bonds is 5. The summed E-state index contributed by atoms with van der Waals surface area (Å²) in [6.45, 7) is 3.97. The van der Waals surface area contributed by atoms with Crippen LogP contribution in [0.3, 0.4) is 0 Å². The maximum atomic E-state index is 10.7. The number of hydrogen-bond donors (Lipinski definition) is 3. The lowest BCUT2D eigenvalue weighted by atomic mass is 10.0. The number of aryl methyl sites for hydroxylation is 1. The van der Waals surface area contributed by atoms with Crippen molar-refractivity contribution in [2.45, 2.75) is 26.0 Å². The monoisotopic (exact) mass is 391 g/mol. The minimum Gasteiger partial charge on any atom is -0.508 e. The largest absolute Gasteiger partial charge is 0.508 e. The smallest absolute Gasteiger partial charge is 0.139 e. The minimum atomic E-state index is -0.743. The van der Waals surface area contributed by atoms with E-state index in [-0.39, 0.29) is 11.8 Å². The van der Waals surface area contributed by atoms with Crippen LogP contribution in [0.1, 0.15) is 24.2 Å². The van der Waals surface area contributed by atoms with Gasteiger partial charge in [-0.2, -0.15) is 0 Å². The van der Waals surface area contributed by atoms with E-state index >= 15 is 0 Å². The fourth-order valence-electron chi connectivity index (χ4n) is 3.18. The van der Waals surface area contributed by atoms with Crippen molar-refractivity contribution in [3.05, 3.63) is 71.4 Å². The molecule has 28 heavy (non-hydrogen) atoms. The number of aliphatic hydroxyl groups excluding tert-OH is 1. The number of fused-ring (bicyclic) bond motifs is 1. The van der Waals surface area contributed by atoms with Crippen LogP contribution in [0.15, 0.2) is 60.2 Å². The molecule has 0 saturated carbocycles. The molecule has 2 heterocycles. The van der Waals surface area contributed by atoms with Crippen LogP contribution < -0.4 is 5.32 Å². The number of thiophene rings is 1. The molecule has 0 radical (unpaired) electrons. The number of hydrogen-bond acceptors (Lipinski definition) is 6. The second kappa shape index (κ2) is 7.58. The average molecular weight is 391 g/mol. The van der Waals surface area contributed by atoms with Gasteiger partial charge in [-0.25, -0.2) is 9.97 Å². The highest BCUT2D eigenvalue weighted by atomic mass is 32.1. The molecule has 2 aromatic carbocycles. The van der Waals surface area contributed by atoms with Crippen molar-refractivity contribution in [3.8, 4) is 16.9 Å². The van der Waals surface area contributed by atoms with Crippen molar-refractivity contribution in [1.82, 2.24) is 9.97 Å². The molecule has 0 aliphatic rings. The van der Waals surface area contributed by atoms with Crippen LogP contribution in [0.4, 0.5) is 5.82 Å². The van der Waals surface area contributed by atoms with Crippen LogP contribution in [0.25, 0.3) is 21.3 Å². The molecule has 2 atom stereocenters. The summed E-state index contributed by atoms with van der Waals surface area (Å²) in [5.41, 5.74) is 4.13. The Morgan fingerprint density at radius 2 is 1.71 bits per heavy atom. The van der Waals surface area contributed by atoms with Gasteiger partial charge in [-0.1, -0.05) is 42.0 Å². The number of phenolic OH excluding ortho intramolecular Hbond substituents is 1. The van der Waals surface area contributed by atoms with Gasteiger partial charge >= 0.3 is 0 Å². The zero-order chi connectivity index (χ0) is 19.7. The molecular formula is C22H21N3O2S. The van der Waals surface area contributed by atoms with Gasteiger partial charge in [-0.15, -0.1) is 11.3 Å². The second-order valence-corrected chi connectivity index (χ2v) is 7.75. The van der Waals surface area contributed by atoms with Gasteiger partial charge in [0.05, 0.1) is 17.5 Å². The van der Waals surface area contributed by atoms with E-state index in [0.29, 0.717) is 5.82 Å². The Balaban J connectivity index is 1.67. The maximum absolute atomic E-state index is 10.7. The van der Waals surface area contributed by atoms with E-state index in [0.717, 1.165) is 26.9 Å². The molecule has 0 bridgehead atoms. The predicted octanol–water partition coefficient (Wildman–Crippen LogP) is 4.91. The SMILES string of the molecule is Cc1ccc(-c2csc3ncnc(N[C@H](C)[C@@H](O)c4ccc(O)cc4)c23)cc1. The number of benzene rings is 2. The van der Waals surface area contributed by atoms with Gasteiger partial charge in [-0.05, 0) is 37.1 Å². The van der Waals surface area contributed by atoms with Crippen molar-refractivity contribution in [1.29, 1.82) is 0 Å². The number of aliphatic hydroxyl groups is 1. The van der Waals surface area contributed by atoms with E-state index in [2.05, 4.69) is 51.9 Å². The summed E-state index contributed by atoms with van der Waals surface area (Å²) in [6, 6.07) is 14.7. The summed E-state index contributed by atoms with van der Waals surface area (Å²) in [7, 11) is 0. The van der Waals surface area contributed by atoms with Crippen molar-refractivity contribution >= 4 is 27.4 Å². The Kier molecular flexibility index (Phi) is 4.98.